The van der Waals surface area contributed by atoms with Crippen LogP contribution < -0.4 is 20.7 Å². The van der Waals surface area contributed by atoms with Gasteiger partial charge in [0.25, 0.3) is 11.8 Å². The molecule has 0 aliphatic heterocycles. The maximum absolute atomic E-state index is 12.5. The predicted molar refractivity (Wildman–Crippen MR) is 116 cm³/mol. The van der Waals surface area contributed by atoms with Crippen LogP contribution >= 0.6 is 0 Å². The Morgan fingerprint density at radius 1 is 0.667 bits per heavy atom. The molecule has 152 valence electrons. The van der Waals surface area contributed by atoms with E-state index in [-0.39, 0.29) is 17.7 Å². The molecular formula is C23H21N3O4. The van der Waals surface area contributed by atoms with Crippen LogP contribution in [-0.4, -0.2) is 24.8 Å². The van der Waals surface area contributed by atoms with Crippen molar-refractivity contribution in [2.24, 2.45) is 0 Å². The van der Waals surface area contributed by atoms with Crippen molar-refractivity contribution in [2.45, 2.75) is 6.92 Å². The molecule has 0 aliphatic carbocycles. The molecule has 0 fully saturated rings. The largest absolute Gasteiger partial charge is 0.495 e. The number of nitrogens with one attached hydrogen (secondary N) is 3. The van der Waals surface area contributed by atoms with Crippen molar-refractivity contribution in [2.75, 3.05) is 23.1 Å². The zero-order chi connectivity index (χ0) is 21.5. The van der Waals surface area contributed by atoms with E-state index in [9.17, 15) is 14.4 Å². The van der Waals surface area contributed by atoms with Crippen LogP contribution in [0.25, 0.3) is 0 Å². The Morgan fingerprint density at radius 2 is 1.17 bits per heavy atom. The van der Waals surface area contributed by atoms with E-state index in [2.05, 4.69) is 16.0 Å². The summed E-state index contributed by atoms with van der Waals surface area (Å²) in [5.41, 5.74) is 2.63. The fourth-order valence-corrected chi connectivity index (χ4v) is 2.76. The van der Waals surface area contributed by atoms with Crippen molar-refractivity contribution in [1.82, 2.24) is 0 Å². The number of methoxy groups -OCH3 is 1. The molecule has 0 saturated carbocycles. The van der Waals surface area contributed by atoms with E-state index in [1.807, 2.05) is 6.07 Å². The molecule has 3 rings (SSSR count). The Hall–Kier alpha value is -4.13. The Morgan fingerprint density at radius 3 is 1.70 bits per heavy atom. The Bertz CT molecular complexity index is 1060. The molecule has 0 saturated heterocycles. The lowest BCUT2D eigenvalue weighted by atomic mass is 10.1. The van der Waals surface area contributed by atoms with Crippen LogP contribution in [0.3, 0.4) is 0 Å². The minimum Gasteiger partial charge on any atom is -0.495 e. The van der Waals surface area contributed by atoms with Gasteiger partial charge in [-0.15, -0.1) is 0 Å². The van der Waals surface area contributed by atoms with Gasteiger partial charge in [-0.05, 0) is 60.7 Å². The number of carbonyl (C=O) groups is 3. The van der Waals surface area contributed by atoms with Crippen LogP contribution in [0.15, 0.2) is 72.8 Å². The summed E-state index contributed by atoms with van der Waals surface area (Å²) in [7, 11) is 1.54. The van der Waals surface area contributed by atoms with Crippen LogP contribution in [0.5, 0.6) is 5.75 Å². The Kier molecular flexibility index (Phi) is 6.44. The summed E-state index contributed by atoms with van der Waals surface area (Å²) >= 11 is 0. The van der Waals surface area contributed by atoms with Gasteiger partial charge in [-0.3, -0.25) is 14.4 Å². The lowest BCUT2D eigenvalue weighted by Gasteiger charge is -2.10. The average molecular weight is 403 g/mol. The highest BCUT2D eigenvalue weighted by Gasteiger charge is 2.11. The number of hydrogen-bond donors (Lipinski definition) is 3. The zero-order valence-corrected chi connectivity index (χ0v) is 16.6. The van der Waals surface area contributed by atoms with Crippen LogP contribution in [0.2, 0.25) is 0 Å². The smallest absolute Gasteiger partial charge is 0.255 e. The molecule has 3 amide bonds. The predicted octanol–water partition coefficient (Wildman–Crippen LogP) is 4.16. The van der Waals surface area contributed by atoms with Crippen LogP contribution in [0.4, 0.5) is 17.1 Å². The normalized spacial score (nSPS) is 10.1. The quantitative estimate of drug-likeness (QED) is 0.576. The van der Waals surface area contributed by atoms with Crippen molar-refractivity contribution >= 4 is 34.8 Å². The summed E-state index contributed by atoms with van der Waals surface area (Å²) in [6, 6.07) is 20.2. The number of ether oxygens (including phenoxy) is 1. The number of hydrogen-bond acceptors (Lipinski definition) is 4. The third-order valence-electron chi connectivity index (χ3n) is 4.23. The molecule has 7 heteroatoms. The molecule has 0 aromatic heterocycles. The second kappa shape index (κ2) is 9.38. The number of benzene rings is 3. The molecule has 0 aliphatic rings. The van der Waals surface area contributed by atoms with Crippen molar-refractivity contribution in [3.63, 3.8) is 0 Å². The minimum absolute atomic E-state index is 0.179. The van der Waals surface area contributed by atoms with Crippen LogP contribution in [0, 0.1) is 0 Å². The number of rotatable bonds is 6. The van der Waals surface area contributed by atoms with Gasteiger partial charge < -0.3 is 20.7 Å². The van der Waals surface area contributed by atoms with Crippen molar-refractivity contribution in [1.29, 1.82) is 0 Å². The first kappa shape index (κ1) is 20.6. The molecule has 7 nitrogen and oxygen atoms in total. The van der Waals surface area contributed by atoms with Crippen molar-refractivity contribution in [3.05, 3.63) is 83.9 Å². The van der Waals surface area contributed by atoms with Gasteiger partial charge in [-0.1, -0.05) is 12.1 Å². The summed E-state index contributed by atoms with van der Waals surface area (Å²) in [4.78, 5) is 35.9. The maximum atomic E-state index is 12.5. The first-order chi connectivity index (χ1) is 14.5. The van der Waals surface area contributed by atoms with E-state index in [0.717, 1.165) is 0 Å². The van der Waals surface area contributed by atoms with E-state index in [1.165, 1.54) is 14.0 Å². The van der Waals surface area contributed by atoms with E-state index < -0.39 is 0 Å². The molecule has 3 aromatic rings. The van der Waals surface area contributed by atoms with Crippen LogP contribution in [-0.2, 0) is 4.79 Å². The number of anilines is 3. The molecule has 30 heavy (non-hydrogen) atoms. The van der Waals surface area contributed by atoms with Gasteiger partial charge >= 0.3 is 0 Å². The molecule has 0 radical (unpaired) electrons. The molecule has 0 bridgehead atoms. The summed E-state index contributed by atoms with van der Waals surface area (Å²) in [5.74, 6) is -0.192. The van der Waals surface area contributed by atoms with Crippen molar-refractivity contribution < 1.29 is 19.1 Å². The summed E-state index contributed by atoms with van der Waals surface area (Å²) in [6.45, 7) is 1.42. The SMILES string of the molecule is COc1ccccc1NC(=O)c1ccc(NC(=O)c2ccc(NC(C)=O)cc2)cc1. The van der Waals surface area contributed by atoms with Gasteiger partial charge in [-0.25, -0.2) is 0 Å². The molecule has 3 aromatic carbocycles. The molecule has 0 spiro atoms. The Labute approximate surface area is 174 Å². The summed E-state index contributed by atoms with van der Waals surface area (Å²) in [6.07, 6.45) is 0. The second-order valence-electron chi connectivity index (χ2n) is 6.44. The highest BCUT2D eigenvalue weighted by molar-refractivity contribution is 6.07. The molecule has 3 N–H and O–H groups in total. The number of carbonyl (C=O) groups excluding carboxylic acids is 3. The first-order valence-corrected chi connectivity index (χ1v) is 9.19. The fraction of sp³-hybridized carbons (Fsp3) is 0.0870. The van der Waals surface area contributed by atoms with Crippen LogP contribution in [0.1, 0.15) is 27.6 Å². The van der Waals surface area contributed by atoms with E-state index in [4.69, 9.17) is 4.74 Å². The minimum atomic E-state index is -0.296. The van der Waals surface area contributed by atoms with Gasteiger partial charge in [0.1, 0.15) is 5.75 Å². The highest BCUT2D eigenvalue weighted by atomic mass is 16.5. The monoisotopic (exact) mass is 403 g/mol. The fourth-order valence-electron chi connectivity index (χ4n) is 2.76. The average Bonchev–Trinajstić information content (AvgIpc) is 2.74. The second-order valence-corrected chi connectivity index (χ2v) is 6.44. The van der Waals surface area contributed by atoms with Gasteiger partial charge in [0.15, 0.2) is 0 Å². The zero-order valence-electron chi connectivity index (χ0n) is 16.6. The molecular weight excluding hydrogens is 382 g/mol. The third-order valence-corrected chi connectivity index (χ3v) is 4.23. The molecule has 0 atom stereocenters. The lowest BCUT2D eigenvalue weighted by molar-refractivity contribution is -0.114. The summed E-state index contributed by atoms with van der Waals surface area (Å²) < 4.78 is 5.23. The van der Waals surface area contributed by atoms with E-state index in [0.29, 0.717) is 33.9 Å². The highest BCUT2D eigenvalue weighted by Crippen LogP contribution is 2.24. The van der Waals surface area contributed by atoms with Crippen molar-refractivity contribution in [3.8, 4) is 5.75 Å². The third kappa shape index (κ3) is 5.23. The molecule has 0 unspecified atom stereocenters. The number of amides is 3. The van der Waals surface area contributed by atoms with Gasteiger partial charge in [0.05, 0.1) is 12.8 Å². The topological polar surface area (TPSA) is 96.5 Å². The molecule has 0 heterocycles. The summed E-state index contributed by atoms with van der Waals surface area (Å²) in [5, 5.41) is 8.22. The lowest BCUT2D eigenvalue weighted by Crippen LogP contribution is -2.14. The number of para-hydroxylation sites is 2. The van der Waals surface area contributed by atoms with E-state index >= 15 is 0 Å². The maximum Gasteiger partial charge on any atom is 0.255 e. The first-order valence-electron chi connectivity index (χ1n) is 9.19. The van der Waals surface area contributed by atoms with Gasteiger partial charge in [-0.2, -0.15) is 0 Å². The Balaban J connectivity index is 1.63. The van der Waals surface area contributed by atoms with Gasteiger partial charge in [0.2, 0.25) is 5.91 Å². The standard InChI is InChI=1S/C23H21N3O4/c1-15(27)24-18-11-7-16(8-12-18)22(28)25-19-13-9-17(10-14-19)23(29)26-20-5-3-4-6-21(20)30-2/h3-14H,1-2H3,(H,24,27)(H,25,28)(H,26,29). The van der Waals surface area contributed by atoms with Gasteiger partial charge in [0, 0.05) is 29.4 Å². The van der Waals surface area contributed by atoms with E-state index in [1.54, 1.807) is 66.7 Å².